The quantitative estimate of drug-likeness (QED) is 0.552. The number of carbonyl (C=O) groups is 1. The van der Waals surface area contributed by atoms with Crippen LogP contribution in [-0.2, 0) is 14.6 Å². The number of pyridine rings is 1. The summed E-state index contributed by atoms with van der Waals surface area (Å²) < 4.78 is 29.0. The van der Waals surface area contributed by atoms with E-state index in [4.69, 9.17) is 0 Å². The van der Waals surface area contributed by atoms with Gasteiger partial charge in [-0.15, -0.1) is 0 Å². The highest BCUT2D eigenvalue weighted by Gasteiger charge is 2.37. The van der Waals surface area contributed by atoms with Gasteiger partial charge < -0.3 is 15.3 Å². The predicted molar refractivity (Wildman–Crippen MR) is 78.6 cm³/mol. The standard InChI is InChI=1S/C12H14N4O6S/c1-22-12(19)7-3-16(2-6-10(7)13-14-11(6)18)15-8-4-23(20,21)5-9(8)17/h2-3,8-9,15,17H,4-5H2,1H3,(H,14,18)/t8-,9-/m1/s1. The first-order valence-corrected chi connectivity index (χ1v) is 8.46. The lowest BCUT2D eigenvalue weighted by Crippen LogP contribution is -2.37. The predicted octanol–water partition coefficient (Wildman–Crippen LogP) is -1.84. The number of esters is 1. The average molecular weight is 342 g/mol. The number of carbonyl (C=O) groups excluding carboxylic acids is 1. The fourth-order valence-corrected chi connectivity index (χ4v) is 4.25. The molecule has 0 unspecified atom stereocenters. The summed E-state index contributed by atoms with van der Waals surface area (Å²) in [6.07, 6.45) is 1.61. The van der Waals surface area contributed by atoms with Gasteiger partial charge in [-0.2, -0.15) is 5.10 Å². The maximum Gasteiger partial charge on any atom is 0.341 e. The number of hydrogen-bond donors (Lipinski definition) is 3. The van der Waals surface area contributed by atoms with Crippen LogP contribution in [0.3, 0.4) is 0 Å². The Morgan fingerprint density at radius 2 is 2.22 bits per heavy atom. The van der Waals surface area contributed by atoms with Crippen LogP contribution in [0.25, 0.3) is 11.3 Å². The fourth-order valence-electron chi connectivity index (χ4n) is 2.51. The van der Waals surface area contributed by atoms with E-state index in [1.54, 1.807) is 0 Å². The van der Waals surface area contributed by atoms with Gasteiger partial charge in [0.05, 0.1) is 36.3 Å². The third-order valence-corrected chi connectivity index (χ3v) is 5.32. The molecule has 23 heavy (non-hydrogen) atoms. The zero-order chi connectivity index (χ0) is 16.8. The molecule has 0 saturated carbocycles. The number of aliphatic hydroxyl groups excluding tert-OH is 1. The number of fused-ring (bicyclic) bond motifs is 1. The lowest BCUT2D eigenvalue weighted by atomic mass is 10.1. The molecule has 2 atom stereocenters. The van der Waals surface area contributed by atoms with E-state index < -0.39 is 33.5 Å². The molecular weight excluding hydrogens is 328 g/mol. The van der Waals surface area contributed by atoms with Crippen molar-refractivity contribution in [1.82, 2.24) is 14.9 Å². The number of nitrogens with one attached hydrogen (secondary N) is 2. The summed E-state index contributed by atoms with van der Waals surface area (Å²) in [5, 5.41) is 15.8. The topological polar surface area (TPSA) is 143 Å². The zero-order valence-electron chi connectivity index (χ0n) is 12.0. The summed E-state index contributed by atoms with van der Waals surface area (Å²) in [5.74, 6) is -1.28. The fraction of sp³-hybridized carbons (Fsp3) is 0.417. The molecule has 124 valence electrons. The molecule has 0 aromatic heterocycles. The number of hydrogen-bond acceptors (Lipinski definition) is 8. The van der Waals surface area contributed by atoms with Crippen LogP contribution in [0, 0.1) is 0 Å². The second-order valence-electron chi connectivity index (χ2n) is 5.27. The molecule has 0 spiro atoms. The van der Waals surface area contributed by atoms with Gasteiger partial charge in [0.15, 0.2) is 9.84 Å². The van der Waals surface area contributed by atoms with Crippen molar-refractivity contribution >= 4 is 15.8 Å². The highest BCUT2D eigenvalue weighted by Crippen LogP contribution is 2.21. The Morgan fingerprint density at radius 3 is 2.83 bits per heavy atom. The first kappa shape index (κ1) is 15.5. The number of methoxy groups -OCH3 is 1. The maximum absolute atomic E-state index is 11.8. The molecule has 0 aromatic carbocycles. The Labute approximate surface area is 130 Å². The average Bonchev–Trinajstić information content (AvgIpc) is 2.97. The smallest absolute Gasteiger partial charge is 0.341 e. The van der Waals surface area contributed by atoms with Gasteiger partial charge in [0, 0.05) is 12.4 Å². The molecule has 0 aliphatic carbocycles. The third-order valence-electron chi connectivity index (χ3n) is 3.60. The van der Waals surface area contributed by atoms with Crippen LogP contribution in [-0.4, -0.2) is 65.1 Å². The van der Waals surface area contributed by atoms with E-state index in [0.717, 1.165) is 0 Å². The highest BCUT2D eigenvalue weighted by molar-refractivity contribution is 7.91. The molecule has 3 N–H and O–H groups in total. The van der Waals surface area contributed by atoms with E-state index in [1.165, 1.54) is 24.2 Å². The van der Waals surface area contributed by atoms with E-state index in [1.807, 2.05) is 0 Å². The van der Waals surface area contributed by atoms with Crippen molar-refractivity contribution in [3.63, 3.8) is 0 Å². The number of aliphatic hydroxyl groups is 1. The molecule has 3 aliphatic rings. The number of aromatic nitrogens is 3. The Balaban J connectivity index is 2.01. The van der Waals surface area contributed by atoms with Crippen LogP contribution in [0.4, 0.5) is 0 Å². The van der Waals surface area contributed by atoms with Crippen molar-refractivity contribution in [1.29, 1.82) is 0 Å². The van der Waals surface area contributed by atoms with Crippen LogP contribution < -0.4 is 11.0 Å². The molecule has 3 aliphatic heterocycles. The van der Waals surface area contributed by atoms with Crippen LogP contribution in [0.2, 0.25) is 0 Å². The summed E-state index contributed by atoms with van der Waals surface area (Å²) >= 11 is 0. The zero-order valence-corrected chi connectivity index (χ0v) is 12.8. The molecule has 3 rings (SSSR count). The largest absolute Gasteiger partial charge is 0.465 e. The molecule has 11 heteroatoms. The number of H-pyrrole nitrogens is 1. The van der Waals surface area contributed by atoms with Gasteiger partial charge in [-0.3, -0.25) is 9.47 Å². The molecule has 3 heterocycles. The Morgan fingerprint density at radius 1 is 1.48 bits per heavy atom. The van der Waals surface area contributed by atoms with E-state index in [-0.39, 0.29) is 28.3 Å². The normalized spacial score (nSPS) is 23.0. The van der Waals surface area contributed by atoms with Crippen molar-refractivity contribution in [3.05, 3.63) is 28.3 Å². The lowest BCUT2D eigenvalue weighted by molar-refractivity contribution is 0.0600. The molecular formula is C12H14N4O6S. The third kappa shape index (κ3) is 2.80. The summed E-state index contributed by atoms with van der Waals surface area (Å²) in [6, 6.07) is -0.755. The molecule has 0 radical (unpaired) electrons. The summed E-state index contributed by atoms with van der Waals surface area (Å²) in [5.41, 5.74) is 2.60. The van der Waals surface area contributed by atoms with Crippen molar-refractivity contribution in [3.8, 4) is 11.3 Å². The Kier molecular flexibility index (Phi) is 3.60. The van der Waals surface area contributed by atoms with Crippen LogP contribution in [0.1, 0.15) is 10.4 Å². The highest BCUT2D eigenvalue weighted by atomic mass is 32.2. The second-order valence-corrected chi connectivity index (χ2v) is 7.42. The Bertz CT molecular complexity index is 885. The second kappa shape index (κ2) is 5.35. The van der Waals surface area contributed by atoms with Gasteiger partial charge in [-0.1, -0.05) is 0 Å². The SMILES string of the molecule is COC(=O)c1cn(N[C@@H]2CS(=O)(=O)C[C@H]2O)cc2c(=O)[nH]nc1-2. The van der Waals surface area contributed by atoms with Crippen molar-refractivity contribution < 1.29 is 23.1 Å². The Hall–Kier alpha value is -2.40. The number of aromatic amines is 1. The van der Waals surface area contributed by atoms with Crippen LogP contribution in [0.5, 0.6) is 0 Å². The molecule has 0 bridgehead atoms. The van der Waals surface area contributed by atoms with Crippen LogP contribution >= 0.6 is 0 Å². The summed E-state index contributed by atoms with van der Waals surface area (Å²) in [7, 11) is -2.14. The molecule has 1 saturated heterocycles. The summed E-state index contributed by atoms with van der Waals surface area (Å²) in [4.78, 5) is 23.6. The van der Waals surface area contributed by atoms with Gasteiger partial charge in [-0.25, -0.2) is 18.3 Å². The minimum atomic E-state index is -3.33. The van der Waals surface area contributed by atoms with E-state index in [9.17, 15) is 23.1 Å². The van der Waals surface area contributed by atoms with Gasteiger partial charge in [0.1, 0.15) is 11.3 Å². The van der Waals surface area contributed by atoms with E-state index in [0.29, 0.717) is 0 Å². The number of nitrogens with zero attached hydrogens (tertiary/aromatic N) is 2. The number of sulfone groups is 1. The van der Waals surface area contributed by atoms with Crippen LogP contribution in [0.15, 0.2) is 17.2 Å². The maximum atomic E-state index is 11.8. The number of ether oxygens (including phenoxy) is 1. The molecule has 1 fully saturated rings. The van der Waals surface area contributed by atoms with Gasteiger partial charge in [-0.05, 0) is 0 Å². The summed E-state index contributed by atoms with van der Waals surface area (Å²) in [6.45, 7) is 0. The molecule has 0 amide bonds. The monoisotopic (exact) mass is 342 g/mol. The first-order valence-electron chi connectivity index (χ1n) is 6.64. The van der Waals surface area contributed by atoms with Gasteiger partial charge >= 0.3 is 5.97 Å². The first-order chi connectivity index (χ1) is 10.8. The van der Waals surface area contributed by atoms with Crippen molar-refractivity contribution in [2.75, 3.05) is 24.0 Å². The van der Waals surface area contributed by atoms with E-state index in [2.05, 4.69) is 20.4 Å². The minimum Gasteiger partial charge on any atom is -0.465 e. The van der Waals surface area contributed by atoms with Gasteiger partial charge in [0.2, 0.25) is 0 Å². The minimum absolute atomic E-state index is 0.0335. The van der Waals surface area contributed by atoms with Gasteiger partial charge in [0.25, 0.3) is 5.56 Å². The van der Waals surface area contributed by atoms with Crippen molar-refractivity contribution in [2.24, 2.45) is 0 Å². The lowest BCUT2D eigenvalue weighted by Gasteiger charge is -2.20. The molecule has 10 nitrogen and oxygen atoms in total. The van der Waals surface area contributed by atoms with Crippen molar-refractivity contribution in [2.45, 2.75) is 12.1 Å². The van der Waals surface area contributed by atoms with E-state index >= 15 is 0 Å². The molecule has 0 aromatic rings. The number of rotatable bonds is 3.